The lowest BCUT2D eigenvalue weighted by Gasteiger charge is -2.04. The minimum atomic E-state index is -0.346. The molecule has 1 atom stereocenters. The van der Waals surface area contributed by atoms with Crippen LogP contribution in [-0.4, -0.2) is 17.9 Å². The number of aromatic nitrogens is 1. The second-order valence-electron chi connectivity index (χ2n) is 3.11. The molecule has 0 spiro atoms. The summed E-state index contributed by atoms with van der Waals surface area (Å²) >= 11 is 0. The van der Waals surface area contributed by atoms with E-state index in [2.05, 4.69) is 19.5 Å². The van der Waals surface area contributed by atoms with Crippen LogP contribution in [-0.2, 0) is 17.4 Å². The lowest BCUT2D eigenvalue weighted by atomic mass is 10.2. The smallest absolute Gasteiger partial charge is 0.220 e. The minimum Gasteiger partial charge on any atom is -0.359 e. The van der Waals surface area contributed by atoms with E-state index in [0.717, 1.165) is 5.69 Å². The number of amides is 1. The summed E-state index contributed by atoms with van der Waals surface area (Å²) in [6.07, 6.45) is 1.29. The number of hydrogen-bond acceptors (Lipinski definition) is 2. The molecule has 0 aliphatic rings. The molecule has 0 aliphatic heterocycles. The molecule has 0 saturated carbocycles. The van der Waals surface area contributed by atoms with Crippen molar-refractivity contribution in [2.45, 2.75) is 32.9 Å². The maximum atomic E-state index is 13.3. The lowest BCUT2D eigenvalue weighted by molar-refractivity contribution is -0.120. The van der Waals surface area contributed by atoms with E-state index in [1.165, 1.54) is 6.07 Å². The SMILES string of the molecule is CC.CNC(=O)CCc1nc(CP)ccc1F. The summed E-state index contributed by atoms with van der Waals surface area (Å²) in [6.45, 7) is 4.00. The fourth-order valence-corrected chi connectivity index (χ4v) is 1.40. The van der Waals surface area contributed by atoms with Crippen LogP contribution in [0.3, 0.4) is 0 Å². The molecular weight excluding hydrogens is 238 g/mol. The molecule has 96 valence electrons. The molecule has 0 fully saturated rings. The number of halogens is 1. The first-order valence-corrected chi connectivity index (χ1v) is 6.54. The van der Waals surface area contributed by atoms with E-state index < -0.39 is 0 Å². The third kappa shape index (κ3) is 5.73. The molecule has 1 aromatic heterocycles. The summed E-state index contributed by atoms with van der Waals surface area (Å²) in [5, 5.41) is 2.49. The number of rotatable bonds is 4. The first-order chi connectivity index (χ1) is 8.17. The molecule has 1 aromatic rings. The molecule has 1 N–H and O–H groups in total. The van der Waals surface area contributed by atoms with Gasteiger partial charge in [0.05, 0.1) is 5.69 Å². The molecule has 1 heterocycles. The molecule has 3 nitrogen and oxygen atoms in total. The third-order valence-electron chi connectivity index (χ3n) is 2.05. The van der Waals surface area contributed by atoms with E-state index >= 15 is 0 Å². The van der Waals surface area contributed by atoms with Gasteiger partial charge in [-0.3, -0.25) is 9.78 Å². The minimum absolute atomic E-state index is 0.104. The Balaban J connectivity index is 0.00000121. The van der Waals surface area contributed by atoms with E-state index in [4.69, 9.17) is 0 Å². The molecule has 0 aromatic carbocycles. The Morgan fingerprint density at radius 2 is 2.12 bits per heavy atom. The molecule has 0 saturated heterocycles. The number of aryl methyl sites for hydroxylation is 1. The Kier molecular flexibility index (Phi) is 8.51. The van der Waals surface area contributed by atoms with Gasteiger partial charge in [-0.2, -0.15) is 0 Å². The van der Waals surface area contributed by atoms with Gasteiger partial charge in [-0.15, -0.1) is 9.24 Å². The van der Waals surface area contributed by atoms with Crippen molar-refractivity contribution < 1.29 is 9.18 Å². The molecular formula is C12H20FN2OP. The van der Waals surface area contributed by atoms with E-state index in [9.17, 15) is 9.18 Å². The van der Waals surface area contributed by atoms with Crippen molar-refractivity contribution in [1.82, 2.24) is 10.3 Å². The molecule has 0 aliphatic carbocycles. The van der Waals surface area contributed by atoms with Gasteiger partial charge >= 0.3 is 0 Å². The zero-order valence-electron chi connectivity index (χ0n) is 10.6. The molecule has 5 heteroatoms. The number of carbonyl (C=O) groups is 1. The number of carbonyl (C=O) groups excluding carboxylic acids is 1. The summed E-state index contributed by atoms with van der Waals surface area (Å²) in [7, 11) is 4.09. The second kappa shape index (κ2) is 9.06. The number of nitrogens with zero attached hydrogens (tertiary/aromatic N) is 1. The van der Waals surface area contributed by atoms with Crippen molar-refractivity contribution >= 4 is 15.1 Å². The predicted molar refractivity (Wildman–Crippen MR) is 71.3 cm³/mol. The quantitative estimate of drug-likeness (QED) is 0.842. The van der Waals surface area contributed by atoms with Gasteiger partial charge in [0.2, 0.25) is 5.91 Å². The average Bonchev–Trinajstić information content (AvgIpc) is 2.39. The fourth-order valence-electron chi connectivity index (χ4n) is 1.18. The average molecular weight is 258 g/mol. The van der Waals surface area contributed by atoms with Crippen LogP contribution < -0.4 is 5.32 Å². The van der Waals surface area contributed by atoms with Gasteiger partial charge in [0.1, 0.15) is 5.82 Å². The van der Waals surface area contributed by atoms with Gasteiger partial charge in [-0.25, -0.2) is 4.39 Å². The van der Waals surface area contributed by atoms with Crippen molar-refractivity contribution in [3.8, 4) is 0 Å². The molecule has 1 unspecified atom stereocenters. The van der Waals surface area contributed by atoms with E-state index in [0.29, 0.717) is 18.3 Å². The van der Waals surface area contributed by atoms with Gasteiger partial charge in [0, 0.05) is 31.7 Å². The lowest BCUT2D eigenvalue weighted by Crippen LogP contribution is -2.18. The van der Waals surface area contributed by atoms with Crippen LogP contribution in [0, 0.1) is 5.82 Å². The summed E-state index contributed by atoms with van der Waals surface area (Å²) in [6, 6.07) is 3.04. The van der Waals surface area contributed by atoms with Gasteiger partial charge in [0.25, 0.3) is 0 Å². The normalized spacial score (nSPS) is 9.24. The standard InChI is InChI=1S/C10H14FN2OP.C2H6/c1-12-10(14)5-4-9-8(11)3-2-7(6-15)13-9;1-2/h2-3H,4-6,15H2,1H3,(H,12,14);1-2H3. The van der Waals surface area contributed by atoms with Gasteiger partial charge < -0.3 is 5.32 Å². The largest absolute Gasteiger partial charge is 0.359 e. The van der Waals surface area contributed by atoms with Crippen molar-refractivity contribution in [3.63, 3.8) is 0 Å². The van der Waals surface area contributed by atoms with E-state index in [-0.39, 0.29) is 18.1 Å². The van der Waals surface area contributed by atoms with Gasteiger partial charge in [-0.1, -0.05) is 13.8 Å². The van der Waals surface area contributed by atoms with E-state index in [1.54, 1.807) is 13.1 Å². The number of hydrogen-bond donors (Lipinski definition) is 1. The molecule has 17 heavy (non-hydrogen) atoms. The fraction of sp³-hybridized carbons (Fsp3) is 0.500. The summed E-state index contributed by atoms with van der Waals surface area (Å²) in [5.74, 6) is -0.450. The third-order valence-corrected chi connectivity index (χ3v) is 2.47. The van der Waals surface area contributed by atoms with Crippen molar-refractivity contribution in [3.05, 3.63) is 29.3 Å². The highest BCUT2D eigenvalue weighted by Crippen LogP contribution is 2.10. The first kappa shape index (κ1) is 16.0. The van der Waals surface area contributed by atoms with Crippen LogP contribution in [0.4, 0.5) is 4.39 Å². The highest BCUT2D eigenvalue weighted by Gasteiger charge is 2.07. The topological polar surface area (TPSA) is 42.0 Å². The Labute approximate surface area is 104 Å². The van der Waals surface area contributed by atoms with Crippen LogP contribution in [0.15, 0.2) is 12.1 Å². The zero-order valence-corrected chi connectivity index (χ0v) is 11.7. The van der Waals surface area contributed by atoms with Crippen molar-refractivity contribution in [2.75, 3.05) is 7.05 Å². The second-order valence-corrected chi connectivity index (χ2v) is 3.52. The van der Waals surface area contributed by atoms with Crippen LogP contribution in [0.5, 0.6) is 0 Å². The van der Waals surface area contributed by atoms with Gasteiger partial charge in [0.15, 0.2) is 0 Å². The number of nitrogens with one attached hydrogen (secondary N) is 1. The summed E-state index contributed by atoms with van der Waals surface area (Å²) < 4.78 is 13.3. The zero-order chi connectivity index (χ0) is 13.3. The predicted octanol–water partition coefficient (Wildman–Crippen LogP) is 2.30. The van der Waals surface area contributed by atoms with Crippen LogP contribution in [0.2, 0.25) is 0 Å². The highest BCUT2D eigenvalue weighted by molar-refractivity contribution is 7.15. The Morgan fingerprint density at radius 3 is 2.65 bits per heavy atom. The molecule has 0 bridgehead atoms. The van der Waals surface area contributed by atoms with E-state index in [1.807, 2.05) is 13.8 Å². The summed E-state index contributed by atoms with van der Waals surface area (Å²) in [4.78, 5) is 15.1. The highest BCUT2D eigenvalue weighted by atomic mass is 31.0. The van der Waals surface area contributed by atoms with Gasteiger partial charge in [-0.05, 0) is 12.1 Å². The Hall–Kier alpha value is -1.02. The van der Waals surface area contributed by atoms with Crippen LogP contribution >= 0.6 is 9.24 Å². The monoisotopic (exact) mass is 258 g/mol. The Bertz CT molecular complexity index is 358. The molecule has 1 rings (SSSR count). The molecule has 1 amide bonds. The summed E-state index contributed by atoms with van der Waals surface area (Å²) in [5.41, 5.74) is 1.17. The number of pyridine rings is 1. The maximum Gasteiger partial charge on any atom is 0.220 e. The maximum absolute atomic E-state index is 13.3. The van der Waals surface area contributed by atoms with Crippen molar-refractivity contribution in [2.24, 2.45) is 0 Å². The van der Waals surface area contributed by atoms with Crippen molar-refractivity contribution in [1.29, 1.82) is 0 Å². The Morgan fingerprint density at radius 1 is 1.47 bits per heavy atom. The first-order valence-electron chi connectivity index (χ1n) is 5.72. The van der Waals surface area contributed by atoms with Crippen LogP contribution in [0.1, 0.15) is 31.7 Å². The molecule has 0 radical (unpaired) electrons. The van der Waals surface area contributed by atoms with Crippen LogP contribution in [0.25, 0.3) is 0 Å².